The molecule has 1 heterocycles. The molecule has 0 radical (unpaired) electrons. The average molecular weight is 496 g/mol. The predicted octanol–water partition coefficient (Wildman–Crippen LogP) is 4.24. The average Bonchev–Trinajstić information content (AvgIpc) is 3.35. The largest absolute Gasteiger partial charge is 0.350 e. The van der Waals surface area contributed by atoms with Gasteiger partial charge in [0.25, 0.3) is 10.0 Å². The number of benzene rings is 3. The Balaban J connectivity index is 1.47. The summed E-state index contributed by atoms with van der Waals surface area (Å²) in [5, 5.41) is 2.85. The number of rotatable bonds is 9. The summed E-state index contributed by atoms with van der Waals surface area (Å²) >= 11 is 0. The molecular weight excluding hydrogens is 465 g/mol. The summed E-state index contributed by atoms with van der Waals surface area (Å²) in [6.07, 6.45) is 2.46. The Bertz CT molecular complexity index is 1260. The molecule has 1 amide bonds. The first-order chi connectivity index (χ1) is 16.8. The molecule has 0 saturated carbocycles. The molecule has 8 heteroatoms. The van der Waals surface area contributed by atoms with Gasteiger partial charge in [0.1, 0.15) is 12.4 Å². The van der Waals surface area contributed by atoms with E-state index in [2.05, 4.69) is 22.3 Å². The molecule has 1 fully saturated rings. The van der Waals surface area contributed by atoms with Crippen LogP contribution in [0.25, 0.3) is 0 Å². The van der Waals surface area contributed by atoms with Crippen molar-refractivity contribution in [1.82, 2.24) is 10.2 Å². The van der Waals surface area contributed by atoms with E-state index in [1.807, 2.05) is 19.1 Å². The van der Waals surface area contributed by atoms with Crippen LogP contribution in [0.4, 0.5) is 10.1 Å². The number of anilines is 1. The van der Waals surface area contributed by atoms with Crippen molar-refractivity contribution in [3.63, 3.8) is 0 Å². The van der Waals surface area contributed by atoms with E-state index in [0.717, 1.165) is 47.2 Å². The SMILES string of the molecule is Cc1ccc(N(CC(=O)NCc2cccc(CN3CCCC3)c2)S(=O)(=O)c2ccc(F)cc2)cc1. The zero-order valence-corrected chi connectivity index (χ0v) is 20.6. The summed E-state index contributed by atoms with van der Waals surface area (Å²) in [6, 6.07) is 19.6. The number of hydrogen-bond acceptors (Lipinski definition) is 4. The van der Waals surface area contributed by atoms with E-state index in [-0.39, 0.29) is 4.90 Å². The van der Waals surface area contributed by atoms with E-state index in [1.54, 1.807) is 24.3 Å². The first-order valence-corrected chi connectivity index (χ1v) is 13.2. The lowest BCUT2D eigenvalue weighted by atomic mass is 10.1. The number of aryl methyl sites for hydroxylation is 1. The molecule has 0 bridgehead atoms. The summed E-state index contributed by atoms with van der Waals surface area (Å²) in [7, 11) is -4.08. The van der Waals surface area contributed by atoms with Crippen LogP contribution in [0.1, 0.15) is 29.5 Å². The summed E-state index contributed by atoms with van der Waals surface area (Å²) in [5.74, 6) is -0.961. The summed E-state index contributed by atoms with van der Waals surface area (Å²) in [6.45, 7) is 4.91. The number of sulfonamides is 1. The van der Waals surface area contributed by atoms with Gasteiger partial charge in [0, 0.05) is 13.1 Å². The monoisotopic (exact) mass is 495 g/mol. The van der Waals surface area contributed by atoms with E-state index in [9.17, 15) is 17.6 Å². The number of amides is 1. The van der Waals surface area contributed by atoms with E-state index in [4.69, 9.17) is 0 Å². The van der Waals surface area contributed by atoms with Crippen molar-refractivity contribution < 1.29 is 17.6 Å². The molecule has 184 valence electrons. The summed E-state index contributed by atoms with van der Waals surface area (Å²) in [4.78, 5) is 15.2. The van der Waals surface area contributed by atoms with Crippen molar-refractivity contribution in [2.24, 2.45) is 0 Å². The predicted molar refractivity (Wildman–Crippen MR) is 135 cm³/mol. The van der Waals surface area contributed by atoms with Gasteiger partial charge in [-0.2, -0.15) is 0 Å². The molecule has 0 atom stereocenters. The first-order valence-electron chi connectivity index (χ1n) is 11.7. The normalized spacial score (nSPS) is 14.1. The maximum Gasteiger partial charge on any atom is 0.264 e. The van der Waals surface area contributed by atoms with Gasteiger partial charge in [-0.05, 0) is 80.4 Å². The van der Waals surface area contributed by atoms with Gasteiger partial charge in [0.15, 0.2) is 0 Å². The van der Waals surface area contributed by atoms with Gasteiger partial charge < -0.3 is 5.32 Å². The topological polar surface area (TPSA) is 69.7 Å². The van der Waals surface area contributed by atoms with Crippen molar-refractivity contribution in [1.29, 1.82) is 0 Å². The number of nitrogens with one attached hydrogen (secondary N) is 1. The van der Waals surface area contributed by atoms with Crippen LogP contribution in [0.2, 0.25) is 0 Å². The third kappa shape index (κ3) is 6.46. The molecule has 6 nitrogen and oxygen atoms in total. The molecule has 1 aliphatic heterocycles. The molecule has 3 aromatic rings. The van der Waals surface area contributed by atoms with Crippen molar-refractivity contribution in [2.45, 2.75) is 37.8 Å². The Hall–Kier alpha value is -3.23. The Morgan fingerprint density at radius 1 is 0.971 bits per heavy atom. The smallest absolute Gasteiger partial charge is 0.264 e. The van der Waals surface area contributed by atoms with Crippen molar-refractivity contribution in [2.75, 3.05) is 23.9 Å². The van der Waals surface area contributed by atoms with Crippen molar-refractivity contribution in [3.8, 4) is 0 Å². The lowest BCUT2D eigenvalue weighted by Crippen LogP contribution is -2.40. The number of halogens is 1. The minimum Gasteiger partial charge on any atom is -0.350 e. The highest BCUT2D eigenvalue weighted by Crippen LogP contribution is 2.24. The standard InChI is InChI=1S/C27H30FN3O3S/c1-21-7-11-25(12-8-21)31(35(33,34)26-13-9-24(28)10-14-26)20-27(32)29-18-22-5-4-6-23(17-22)19-30-15-2-3-16-30/h4-14,17H,2-3,15-16,18-20H2,1H3,(H,29,32). The highest BCUT2D eigenvalue weighted by atomic mass is 32.2. The van der Waals surface area contributed by atoms with E-state index in [0.29, 0.717) is 12.2 Å². The molecule has 1 saturated heterocycles. The molecular formula is C27H30FN3O3S. The van der Waals surface area contributed by atoms with Crippen molar-refractivity contribution in [3.05, 3.63) is 95.3 Å². The van der Waals surface area contributed by atoms with Gasteiger partial charge in [0.2, 0.25) is 5.91 Å². The Morgan fingerprint density at radius 2 is 1.63 bits per heavy atom. The second kappa shape index (κ2) is 11.0. The lowest BCUT2D eigenvalue weighted by molar-refractivity contribution is -0.119. The van der Waals surface area contributed by atoms with E-state index < -0.39 is 28.3 Å². The van der Waals surface area contributed by atoms with Crippen LogP contribution in [0, 0.1) is 12.7 Å². The van der Waals surface area contributed by atoms with Gasteiger partial charge in [-0.1, -0.05) is 42.0 Å². The molecule has 1 aliphatic rings. The van der Waals surface area contributed by atoms with Crippen LogP contribution in [-0.4, -0.2) is 38.9 Å². The number of nitrogens with zero attached hydrogens (tertiary/aromatic N) is 2. The Labute approximate surface area is 206 Å². The molecule has 35 heavy (non-hydrogen) atoms. The molecule has 0 unspecified atom stereocenters. The van der Waals surface area contributed by atoms with Gasteiger partial charge >= 0.3 is 0 Å². The molecule has 4 rings (SSSR count). The molecule has 1 N–H and O–H groups in total. The number of hydrogen-bond donors (Lipinski definition) is 1. The van der Waals surface area contributed by atoms with Crippen LogP contribution in [-0.2, 0) is 27.9 Å². The highest BCUT2D eigenvalue weighted by molar-refractivity contribution is 7.92. The zero-order chi connectivity index (χ0) is 24.8. The highest BCUT2D eigenvalue weighted by Gasteiger charge is 2.27. The van der Waals surface area contributed by atoms with Crippen LogP contribution in [0.15, 0.2) is 77.7 Å². The van der Waals surface area contributed by atoms with Gasteiger partial charge in [-0.15, -0.1) is 0 Å². The molecule has 0 aliphatic carbocycles. The van der Waals surface area contributed by atoms with E-state index >= 15 is 0 Å². The summed E-state index contributed by atoms with van der Waals surface area (Å²) in [5.41, 5.74) is 3.48. The quantitative estimate of drug-likeness (QED) is 0.482. The Kier molecular flexibility index (Phi) is 7.83. The second-order valence-corrected chi connectivity index (χ2v) is 10.7. The van der Waals surface area contributed by atoms with Gasteiger partial charge in [0.05, 0.1) is 10.6 Å². The second-order valence-electron chi connectivity index (χ2n) is 8.88. The maximum absolute atomic E-state index is 13.4. The third-order valence-corrected chi connectivity index (χ3v) is 7.88. The minimum atomic E-state index is -4.08. The fourth-order valence-corrected chi connectivity index (χ4v) is 5.60. The fraction of sp³-hybridized carbons (Fsp3) is 0.296. The lowest BCUT2D eigenvalue weighted by Gasteiger charge is -2.24. The summed E-state index contributed by atoms with van der Waals surface area (Å²) < 4.78 is 41.2. The van der Waals surface area contributed by atoms with Gasteiger partial charge in [-0.3, -0.25) is 14.0 Å². The number of carbonyl (C=O) groups is 1. The Morgan fingerprint density at radius 3 is 2.31 bits per heavy atom. The first kappa shape index (κ1) is 24.9. The van der Waals surface area contributed by atoms with Gasteiger partial charge in [-0.25, -0.2) is 12.8 Å². The van der Waals surface area contributed by atoms with Crippen LogP contribution in [0.5, 0.6) is 0 Å². The zero-order valence-electron chi connectivity index (χ0n) is 19.8. The van der Waals surface area contributed by atoms with Crippen LogP contribution < -0.4 is 9.62 Å². The molecule has 3 aromatic carbocycles. The van der Waals surface area contributed by atoms with Crippen LogP contribution in [0.3, 0.4) is 0 Å². The minimum absolute atomic E-state index is 0.0816. The maximum atomic E-state index is 13.4. The van der Waals surface area contributed by atoms with Crippen LogP contribution >= 0.6 is 0 Å². The number of carbonyl (C=O) groups excluding carboxylic acids is 1. The third-order valence-electron chi connectivity index (χ3n) is 6.10. The van der Waals surface area contributed by atoms with E-state index in [1.165, 1.54) is 30.5 Å². The fourth-order valence-electron chi connectivity index (χ4n) is 4.18. The molecule has 0 spiro atoms. The molecule has 0 aromatic heterocycles. The number of likely N-dealkylation sites (tertiary alicyclic amines) is 1. The van der Waals surface area contributed by atoms with Crippen molar-refractivity contribution >= 4 is 21.6 Å².